The maximum atomic E-state index is 13.0. The molecule has 0 spiro atoms. The van der Waals surface area contributed by atoms with E-state index in [1.54, 1.807) is 20.9 Å². The van der Waals surface area contributed by atoms with Gasteiger partial charge >= 0.3 is 0 Å². The van der Waals surface area contributed by atoms with Gasteiger partial charge in [-0.3, -0.25) is 18.8 Å². The number of rotatable bonds is 2. The summed E-state index contributed by atoms with van der Waals surface area (Å²) in [6, 6.07) is 12.2. The quantitative estimate of drug-likeness (QED) is 0.780. The number of aromatic nitrogens is 3. The van der Waals surface area contributed by atoms with E-state index >= 15 is 0 Å². The molecule has 0 saturated carbocycles. The van der Waals surface area contributed by atoms with Crippen molar-refractivity contribution < 1.29 is 0 Å². The maximum absolute atomic E-state index is 13.0. The number of aryl methyl sites for hydroxylation is 1. The first-order chi connectivity index (χ1) is 10.9. The molecule has 0 amide bonds. The SMILES string of the molecule is Cc1cc(=O)cc(N)n1-c1c(C)n(C)n(-c2ccccc2)c1=O. The average Bonchev–Trinajstić information content (AvgIpc) is 2.71. The summed E-state index contributed by atoms with van der Waals surface area (Å²) in [7, 11) is 1.82. The minimum Gasteiger partial charge on any atom is -0.385 e. The van der Waals surface area contributed by atoms with Crippen LogP contribution in [0.5, 0.6) is 0 Å². The van der Waals surface area contributed by atoms with Gasteiger partial charge in [-0.2, -0.15) is 0 Å². The second-order valence-corrected chi connectivity index (χ2v) is 5.50. The minimum absolute atomic E-state index is 0.173. The van der Waals surface area contributed by atoms with Crippen LogP contribution in [0, 0.1) is 13.8 Å². The van der Waals surface area contributed by atoms with E-state index in [0.29, 0.717) is 11.4 Å². The van der Waals surface area contributed by atoms with Gasteiger partial charge in [0.05, 0.1) is 11.4 Å². The van der Waals surface area contributed by atoms with Gasteiger partial charge in [0.2, 0.25) is 0 Å². The highest BCUT2D eigenvalue weighted by atomic mass is 16.1. The van der Waals surface area contributed by atoms with Gasteiger partial charge in [-0.15, -0.1) is 0 Å². The molecule has 6 nitrogen and oxygen atoms in total. The summed E-state index contributed by atoms with van der Waals surface area (Å²) in [5, 5.41) is 0. The molecule has 0 aliphatic carbocycles. The second kappa shape index (κ2) is 5.31. The van der Waals surface area contributed by atoms with Crippen LogP contribution in [0.1, 0.15) is 11.4 Å². The van der Waals surface area contributed by atoms with Crippen LogP contribution in [-0.4, -0.2) is 13.9 Å². The predicted octanol–water partition coefficient (Wildman–Crippen LogP) is 1.53. The van der Waals surface area contributed by atoms with Crippen molar-refractivity contribution in [3.8, 4) is 11.4 Å². The van der Waals surface area contributed by atoms with Crippen molar-refractivity contribution in [1.82, 2.24) is 13.9 Å². The lowest BCUT2D eigenvalue weighted by molar-refractivity contribution is 0.630. The third-order valence-corrected chi connectivity index (χ3v) is 4.00. The fourth-order valence-electron chi connectivity index (χ4n) is 2.84. The van der Waals surface area contributed by atoms with Gasteiger partial charge in [0.25, 0.3) is 5.56 Å². The highest BCUT2D eigenvalue weighted by Crippen LogP contribution is 2.18. The first kappa shape index (κ1) is 14.9. The number of hydrogen-bond acceptors (Lipinski definition) is 3. The molecule has 0 fully saturated rings. The normalized spacial score (nSPS) is 10.9. The van der Waals surface area contributed by atoms with Gasteiger partial charge in [0, 0.05) is 24.9 Å². The average molecular weight is 310 g/mol. The zero-order valence-corrected chi connectivity index (χ0v) is 13.3. The predicted molar refractivity (Wildman–Crippen MR) is 90.5 cm³/mol. The molecular formula is C17H18N4O2. The van der Waals surface area contributed by atoms with Gasteiger partial charge in [-0.05, 0) is 26.0 Å². The van der Waals surface area contributed by atoms with E-state index in [4.69, 9.17) is 5.73 Å². The Labute approximate surface area is 133 Å². The smallest absolute Gasteiger partial charge is 0.295 e. The molecule has 2 N–H and O–H groups in total. The first-order valence-corrected chi connectivity index (χ1v) is 7.25. The van der Waals surface area contributed by atoms with E-state index in [-0.39, 0.29) is 16.8 Å². The zero-order chi connectivity index (χ0) is 16.7. The molecule has 0 unspecified atom stereocenters. The lowest BCUT2D eigenvalue weighted by Crippen LogP contribution is -2.23. The van der Waals surface area contributed by atoms with Gasteiger partial charge in [0.1, 0.15) is 11.5 Å². The van der Waals surface area contributed by atoms with Crippen LogP contribution < -0.4 is 16.7 Å². The molecular weight excluding hydrogens is 292 g/mol. The van der Waals surface area contributed by atoms with Crippen LogP contribution >= 0.6 is 0 Å². The highest BCUT2D eigenvalue weighted by Gasteiger charge is 2.19. The summed E-state index contributed by atoms with van der Waals surface area (Å²) >= 11 is 0. The Hall–Kier alpha value is -3.02. The Morgan fingerprint density at radius 3 is 2.26 bits per heavy atom. The molecule has 0 aliphatic rings. The summed E-state index contributed by atoms with van der Waals surface area (Å²) in [4.78, 5) is 24.6. The van der Waals surface area contributed by atoms with E-state index < -0.39 is 0 Å². The van der Waals surface area contributed by atoms with Gasteiger partial charge < -0.3 is 5.73 Å². The summed E-state index contributed by atoms with van der Waals surface area (Å²) in [5.74, 6) is 0.251. The standard InChI is InChI=1S/C17H18N4O2/c1-11-9-14(22)10-15(18)20(11)16-12(2)19(3)21(17(16)23)13-7-5-4-6-8-13/h4-10H,18H2,1-3H3. The van der Waals surface area contributed by atoms with Crippen LogP contribution in [0.2, 0.25) is 0 Å². The highest BCUT2D eigenvalue weighted by molar-refractivity contribution is 5.48. The topological polar surface area (TPSA) is 75.0 Å². The van der Waals surface area contributed by atoms with Gasteiger partial charge in [-0.25, -0.2) is 4.68 Å². The number of nitrogens with zero attached hydrogens (tertiary/aromatic N) is 3. The van der Waals surface area contributed by atoms with Crippen molar-refractivity contribution in [1.29, 1.82) is 0 Å². The molecule has 1 aromatic carbocycles. The Balaban J connectivity index is 2.37. The molecule has 23 heavy (non-hydrogen) atoms. The Bertz CT molecular complexity index is 968. The Morgan fingerprint density at radius 2 is 1.65 bits per heavy atom. The maximum Gasteiger partial charge on any atom is 0.295 e. The third-order valence-electron chi connectivity index (χ3n) is 4.00. The van der Waals surface area contributed by atoms with E-state index in [1.165, 1.54) is 12.1 Å². The summed E-state index contributed by atoms with van der Waals surface area (Å²) < 4.78 is 4.99. The van der Waals surface area contributed by atoms with Crippen molar-refractivity contribution in [3.63, 3.8) is 0 Å². The van der Waals surface area contributed by atoms with Crippen molar-refractivity contribution in [2.45, 2.75) is 13.8 Å². The number of para-hydroxylation sites is 1. The number of nitrogen functional groups attached to an aromatic ring is 1. The van der Waals surface area contributed by atoms with Crippen LogP contribution in [0.15, 0.2) is 52.1 Å². The number of anilines is 1. The Kier molecular flexibility index (Phi) is 3.44. The molecule has 118 valence electrons. The molecule has 0 atom stereocenters. The van der Waals surface area contributed by atoms with E-state index in [0.717, 1.165) is 11.4 Å². The number of nitrogens with two attached hydrogens (primary N) is 1. The second-order valence-electron chi connectivity index (χ2n) is 5.50. The van der Waals surface area contributed by atoms with Gasteiger partial charge in [0.15, 0.2) is 5.43 Å². The fraction of sp³-hybridized carbons (Fsp3) is 0.176. The monoisotopic (exact) mass is 310 g/mol. The van der Waals surface area contributed by atoms with Crippen LogP contribution in [0.25, 0.3) is 11.4 Å². The summed E-state index contributed by atoms with van der Waals surface area (Å²) in [5.41, 5.74) is 8.24. The molecule has 0 bridgehead atoms. The molecule has 0 saturated heterocycles. The largest absolute Gasteiger partial charge is 0.385 e. The number of pyridine rings is 1. The fourth-order valence-corrected chi connectivity index (χ4v) is 2.84. The van der Waals surface area contributed by atoms with E-state index in [9.17, 15) is 9.59 Å². The number of hydrogen-bond donors (Lipinski definition) is 1. The lowest BCUT2D eigenvalue weighted by atomic mass is 10.3. The molecule has 2 heterocycles. The number of benzene rings is 1. The first-order valence-electron chi connectivity index (χ1n) is 7.25. The summed E-state index contributed by atoms with van der Waals surface area (Å²) in [6.07, 6.45) is 0. The molecule has 3 rings (SSSR count). The summed E-state index contributed by atoms with van der Waals surface area (Å²) in [6.45, 7) is 3.61. The minimum atomic E-state index is -0.186. The van der Waals surface area contributed by atoms with E-state index in [1.807, 2.05) is 44.3 Å². The van der Waals surface area contributed by atoms with Crippen molar-refractivity contribution in [3.05, 3.63) is 74.4 Å². The van der Waals surface area contributed by atoms with Crippen LogP contribution in [0.4, 0.5) is 5.82 Å². The molecule has 6 heteroatoms. The molecule has 2 aromatic heterocycles. The zero-order valence-electron chi connectivity index (χ0n) is 13.3. The van der Waals surface area contributed by atoms with Gasteiger partial charge in [-0.1, -0.05) is 18.2 Å². The Morgan fingerprint density at radius 1 is 1.00 bits per heavy atom. The van der Waals surface area contributed by atoms with Crippen LogP contribution in [0.3, 0.4) is 0 Å². The van der Waals surface area contributed by atoms with Crippen molar-refractivity contribution >= 4 is 5.82 Å². The lowest BCUT2D eigenvalue weighted by Gasteiger charge is -2.12. The molecule has 0 aliphatic heterocycles. The molecule has 3 aromatic rings. The van der Waals surface area contributed by atoms with Crippen molar-refractivity contribution in [2.24, 2.45) is 7.05 Å². The van der Waals surface area contributed by atoms with Crippen molar-refractivity contribution in [2.75, 3.05) is 5.73 Å². The van der Waals surface area contributed by atoms with E-state index in [2.05, 4.69) is 0 Å². The molecule has 0 radical (unpaired) electrons. The third kappa shape index (κ3) is 2.28. The van der Waals surface area contributed by atoms with Crippen LogP contribution in [-0.2, 0) is 7.05 Å².